The molecule has 4 aliphatic rings. The Morgan fingerprint density at radius 1 is 0.727 bits per heavy atom. The van der Waals surface area contributed by atoms with Crippen molar-refractivity contribution >= 4 is 47.4 Å². The summed E-state index contributed by atoms with van der Waals surface area (Å²) in [6, 6.07) is 16.1. The van der Waals surface area contributed by atoms with Crippen LogP contribution in [0, 0.1) is 5.82 Å². The van der Waals surface area contributed by atoms with Crippen LogP contribution in [0.1, 0.15) is 90.1 Å². The molecule has 2 aromatic heterocycles. The minimum atomic E-state index is -0.694. The van der Waals surface area contributed by atoms with E-state index in [-0.39, 0.29) is 5.82 Å². The van der Waals surface area contributed by atoms with Crippen molar-refractivity contribution < 1.29 is 27.7 Å². The largest absolute Gasteiger partial charge is 0.495 e. The van der Waals surface area contributed by atoms with Crippen LogP contribution < -0.4 is 15.7 Å². The number of aromatic nitrogens is 1. The third-order valence-electron chi connectivity index (χ3n) is 10.6. The fraction of sp³-hybridized carbons (Fsp3) is 0.471. The molecule has 10 heteroatoms. The molecule has 2 aromatic carbocycles. The summed E-state index contributed by atoms with van der Waals surface area (Å²) in [5.74, 6) is 0.758. The molecule has 0 bridgehead atoms. The third-order valence-corrected chi connectivity index (χ3v) is 11.9. The van der Waals surface area contributed by atoms with E-state index in [1.807, 2.05) is 39.8 Å². The summed E-state index contributed by atoms with van der Waals surface area (Å²) in [4.78, 5) is 2.47. The van der Waals surface area contributed by atoms with E-state index in [0.29, 0.717) is 22.7 Å². The molecule has 0 radical (unpaired) electrons. The fourth-order valence-electron chi connectivity index (χ4n) is 6.33. The lowest BCUT2D eigenvalue weighted by Crippen LogP contribution is -2.41. The SMILES string of the molecule is CC1(C)OB(c2cc(F)c3c(c2)OC(c2ccc(C4CC4)s2)n2c-3cc3cc(B4OC(C)(C)C(C)(C)O4)ccc32)OC1(C)C. The Morgan fingerprint density at radius 2 is 1.32 bits per heavy atom. The van der Waals surface area contributed by atoms with E-state index >= 15 is 4.39 Å². The van der Waals surface area contributed by atoms with Crippen molar-refractivity contribution in [1.82, 2.24) is 4.57 Å². The van der Waals surface area contributed by atoms with Gasteiger partial charge in [0.05, 0.1) is 44.1 Å². The summed E-state index contributed by atoms with van der Waals surface area (Å²) < 4.78 is 50.4. The van der Waals surface area contributed by atoms with Crippen LogP contribution in [-0.4, -0.2) is 41.2 Å². The van der Waals surface area contributed by atoms with Gasteiger partial charge in [-0.2, -0.15) is 0 Å². The van der Waals surface area contributed by atoms with Gasteiger partial charge in [0, 0.05) is 10.3 Å². The third kappa shape index (κ3) is 4.28. The predicted octanol–water partition coefficient (Wildman–Crippen LogP) is 6.92. The number of hydrogen-bond acceptors (Lipinski definition) is 6. The summed E-state index contributed by atoms with van der Waals surface area (Å²) in [6.45, 7) is 16.2. The van der Waals surface area contributed by atoms with E-state index < -0.39 is 42.9 Å². The zero-order valence-electron chi connectivity index (χ0n) is 26.6. The highest BCUT2D eigenvalue weighted by atomic mass is 32.1. The number of benzene rings is 2. The normalized spacial score (nSPS) is 24.4. The predicted molar refractivity (Wildman–Crippen MR) is 174 cm³/mol. The molecular weight excluding hydrogens is 575 g/mol. The molecule has 5 heterocycles. The van der Waals surface area contributed by atoms with E-state index in [0.717, 1.165) is 26.9 Å². The standard InChI is InChI=1S/C34H38B2FNO5S/c1-31(2)32(3,4)41-35(40-31)21-11-12-24-20(15-21)16-25-29-23(37)17-22(36-42-33(5,6)34(7,8)43-36)18-26(29)39-30(38(24)25)28-14-13-27(44-28)19-9-10-19/h11-19,30H,9-10H2,1-8H3. The van der Waals surface area contributed by atoms with Gasteiger partial charge in [-0.25, -0.2) is 4.39 Å². The van der Waals surface area contributed by atoms with Gasteiger partial charge in [0.2, 0.25) is 6.23 Å². The van der Waals surface area contributed by atoms with E-state index in [1.165, 1.54) is 23.8 Å². The minimum Gasteiger partial charge on any atom is -0.464 e. The van der Waals surface area contributed by atoms with Crippen LogP contribution in [0.5, 0.6) is 5.75 Å². The zero-order chi connectivity index (χ0) is 31.0. The topological polar surface area (TPSA) is 51.1 Å². The molecule has 0 amide bonds. The van der Waals surface area contributed by atoms with Crippen LogP contribution in [0.4, 0.5) is 4.39 Å². The van der Waals surface area contributed by atoms with Crippen molar-refractivity contribution in [3.8, 4) is 17.0 Å². The molecule has 228 valence electrons. The molecule has 1 aliphatic carbocycles. The van der Waals surface area contributed by atoms with Gasteiger partial charge in [-0.15, -0.1) is 11.3 Å². The van der Waals surface area contributed by atoms with Crippen LogP contribution in [0.25, 0.3) is 22.2 Å². The first-order chi connectivity index (χ1) is 20.6. The second-order valence-corrected chi connectivity index (χ2v) is 15.9. The van der Waals surface area contributed by atoms with E-state index in [4.69, 9.17) is 23.4 Å². The smallest absolute Gasteiger partial charge is 0.464 e. The van der Waals surface area contributed by atoms with Gasteiger partial charge in [-0.05, 0) is 121 Å². The maximum absolute atomic E-state index is 16.3. The molecule has 1 saturated carbocycles. The molecule has 8 rings (SSSR count). The summed E-state index contributed by atoms with van der Waals surface area (Å²) >= 11 is 1.79. The van der Waals surface area contributed by atoms with Gasteiger partial charge < -0.3 is 23.4 Å². The van der Waals surface area contributed by atoms with Gasteiger partial charge >= 0.3 is 14.2 Å². The maximum Gasteiger partial charge on any atom is 0.495 e. The zero-order valence-corrected chi connectivity index (χ0v) is 27.4. The lowest BCUT2D eigenvalue weighted by molar-refractivity contribution is 0.00578. The number of nitrogens with zero attached hydrogens (tertiary/aromatic N) is 1. The molecule has 0 N–H and O–H groups in total. The van der Waals surface area contributed by atoms with Gasteiger partial charge in [-0.1, -0.05) is 12.1 Å². The Balaban J connectivity index is 1.25. The van der Waals surface area contributed by atoms with Gasteiger partial charge in [0.1, 0.15) is 11.6 Å². The van der Waals surface area contributed by atoms with Crippen molar-refractivity contribution in [2.75, 3.05) is 0 Å². The van der Waals surface area contributed by atoms with Crippen LogP contribution in [0.2, 0.25) is 0 Å². The van der Waals surface area contributed by atoms with Crippen LogP contribution >= 0.6 is 11.3 Å². The van der Waals surface area contributed by atoms with Gasteiger partial charge in [0.25, 0.3) is 0 Å². The highest BCUT2D eigenvalue weighted by molar-refractivity contribution is 7.12. The number of fused-ring (bicyclic) bond motifs is 5. The van der Waals surface area contributed by atoms with Crippen molar-refractivity contribution in [3.63, 3.8) is 0 Å². The molecule has 3 fully saturated rings. The molecule has 4 aromatic rings. The minimum absolute atomic E-state index is 0.370. The Bertz CT molecular complexity index is 1790. The van der Waals surface area contributed by atoms with E-state index in [1.54, 1.807) is 11.3 Å². The number of halogens is 1. The number of thiophene rings is 1. The average molecular weight is 613 g/mol. The Kier molecular flexibility index (Phi) is 6.05. The van der Waals surface area contributed by atoms with Gasteiger partial charge in [-0.3, -0.25) is 4.57 Å². The van der Waals surface area contributed by atoms with E-state index in [9.17, 15) is 0 Å². The molecule has 6 nitrogen and oxygen atoms in total. The second kappa shape index (κ2) is 9.23. The molecule has 1 atom stereocenters. The lowest BCUT2D eigenvalue weighted by atomic mass is 9.78. The van der Waals surface area contributed by atoms with E-state index in [2.05, 4.69) is 62.6 Å². The fourth-order valence-corrected chi connectivity index (χ4v) is 7.53. The second-order valence-electron chi connectivity index (χ2n) is 14.8. The summed E-state index contributed by atoms with van der Waals surface area (Å²) in [6.07, 6.45) is 2.02. The first-order valence-corrected chi connectivity index (χ1v) is 16.4. The highest BCUT2D eigenvalue weighted by Crippen LogP contribution is 2.49. The maximum atomic E-state index is 16.3. The average Bonchev–Trinajstić information content (AvgIpc) is 3.36. The number of ether oxygens (including phenoxy) is 1. The number of hydrogen-bond donors (Lipinski definition) is 0. The quantitative estimate of drug-likeness (QED) is 0.234. The molecule has 2 saturated heterocycles. The Hall–Kier alpha value is -2.62. The van der Waals surface area contributed by atoms with Crippen LogP contribution in [0.3, 0.4) is 0 Å². The van der Waals surface area contributed by atoms with Crippen molar-refractivity contribution in [2.45, 2.75) is 103 Å². The molecule has 1 unspecified atom stereocenters. The molecular formula is C34H38B2FNO5S. The Labute approximate surface area is 263 Å². The summed E-state index contributed by atoms with van der Waals surface area (Å²) in [7, 11) is -1.18. The number of rotatable bonds is 4. The summed E-state index contributed by atoms with van der Waals surface area (Å²) in [5.41, 5.74) is 1.76. The summed E-state index contributed by atoms with van der Waals surface area (Å²) in [5, 5.41) is 0.974. The van der Waals surface area contributed by atoms with Crippen molar-refractivity contribution in [2.24, 2.45) is 0 Å². The molecule has 3 aliphatic heterocycles. The highest BCUT2D eigenvalue weighted by Gasteiger charge is 2.53. The van der Waals surface area contributed by atoms with Crippen molar-refractivity contribution in [3.05, 3.63) is 64.1 Å². The molecule has 0 spiro atoms. The lowest BCUT2D eigenvalue weighted by Gasteiger charge is -2.32. The van der Waals surface area contributed by atoms with Crippen LogP contribution in [-0.2, 0) is 18.6 Å². The Morgan fingerprint density at radius 3 is 1.93 bits per heavy atom. The monoisotopic (exact) mass is 613 g/mol. The van der Waals surface area contributed by atoms with Crippen molar-refractivity contribution in [1.29, 1.82) is 0 Å². The first kappa shape index (κ1) is 28.8. The van der Waals surface area contributed by atoms with Gasteiger partial charge in [0.15, 0.2) is 0 Å². The van der Waals surface area contributed by atoms with Crippen LogP contribution in [0.15, 0.2) is 48.5 Å². The molecule has 44 heavy (non-hydrogen) atoms. The first-order valence-electron chi connectivity index (χ1n) is 15.6.